The minimum absolute atomic E-state index is 0.302. The third kappa shape index (κ3) is 4.33. The molecule has 1 saturated heterocycles. The Morgan fingerprint density at radius 1 is 1.12 bits per heavy atom. The summed E-state index contributed by atoms with van der Waals surface area (Å²) in [5.74, 6) is 0.657. The maximum atomic E-state index is 12.1. The van der Waals surface area contributed by atoms with Crippen molar-refractivity contribution in [3.63, 3.8) is 0 Å². The molecular formula is C17H21N3O4S. The monoisotopic (exact) mass is 363 g/mol. The summed E-state index contributed by atoms with van der Waals surface area (Å²) in [6, 6.07) is 7.12. The average Bonchev–Trinajstić information content (AvgIpc) is 3.02. The Morgan fingerprint density at radius 2 is 1.80 bits per heavy atom. The first-order chi connectivity index (χ1) is 12.0. The van der Waals surface area contributed by atoms with Crippen LogP contribution in [0.1, 0.15) is 13.8 Å². The van der Waals surface area contributed by atoms with E-state index in [0.717, 1.165) is 11.1 Å². The van der Waals surface area contributed by atoms with Gasteiger partial charge in [-0.25, -0.2) is 23.1 Å². The highest BCUT2D eigenvalue weighted by Gasteiger charge is 2.34. The van der Waals surface area contributed by atoms with Crippen molar-refractivity contribution >= 4 is 10.0 Å². The SMILES string of the molecule is CC(C)S(=O)(=O)NC1COCC1Oc1ccc(-c2cncnc2)cc1. The number of hydrogen-bond acceptors (Lipinski definition) is 6. The molecule has 0 saturated carbocycles. The topological polar surface area (TPSA) is 90.4 Å². The molecule has 2 unspecified atom stereocenters. The van der Waals surface area contributed by atoms with Crippen LogP contribution in [-0.4, -0.2) is 49.0 Å². The molecule has 1 N–H and O–H groups in total. The van der Waals surface area contributed by atoms with Crippen LogP contribution in [-0.2, 0) is 14.8 Å². The fourth-order valence-electron chi connectivity index (χ4n) is 2.46. The standard InChI is InChI=1S/C17H21N3O4S/c1-12(2)25(21,22)20-16-9-23-10-17(16)24-15-5-3-13(4-6-15)14-7-18-11-19-8-14/h3-8,11-12,16-17,20H,9-10H2,1-2H3. The Morgan fingerprint density at radius 3 is 2.44 bits per heavy atom. The molecule has 0 radical (unpaired) electrons. The summed E-state index contributed by atoms with van der Waals surface area (Å²) in [7, 11) is -3.37. The van der Waals surface area contributed by atoms with Crippen LogP contribution in [0, 0.1) is 0 Å². The first-order valence-electron chi connectivity index (χ1n) is 8.07. The summed E-state index contributed by atoms with van der Waals surface area (Å²) >= 11 is 0. The number of sulfonamides is 1. The maximum Gasteiger partial charge on any atom is 0.214 e. The first-order valence-corrected chi connectivity index (χ1v) is 9.61. The Labute approximate surface area is 147 Å². The van der Waals surface area contributed by atoms with Crippen molar-refractivity contribution in [2.24, 2.45) is 0 Å². The zero-order chi connectivity index (χ0) is 17.9. The van der Waals surface area contributed by atoms with Crippen molar-refractivity contribution in [2.45, 2.75) is 31.2 Å². The molecule has 134 valence electrons. The normalized spacial score (nSPS) is 20.8. The lowest BCUT2D eigenvalue weighted by atomic mass is 10.1. The number of rotatable bonds is 6. The summed E-state index contributed by atoms with van der Waals surface area (Å²) in [5, 5.41) is -0.499. The van der Waals surface area contributed by atoms with Gasteiger partial charge in [0.05, 0.1) is 24.5 Å². The molecular weight excluding hydrogens is 342 g/mol. The van der Waals surface area contributed by atoms with Gasteiger partial charge in [-0.2, -0.15) is 0 Å². The van der Waals surface area contributed by atoms with E-state index in [9.17, 15) is 8.42 Å². The molecule has 2 atom stereocenters. The number of hydrogen-bond donors (Lipinski definition) is 1. The lowest BCUT2D eigenvalue weighted by molar-refractivity contribution is 0.140. The van der Waals surface area contributed by atoms with E-state index in [1.807, 2.05) is 24.3 Å². The zero-order valence-electron chi connectivity index (χ0n) is 14.1. The van der Waals surface area contributed by atoms with Crippen molar-refractivity contribution in [1.29, 1.82) is 0 Å². The lowest BCUT2D eigenvalue weighted by Gasteiger charge is -2.21. The summed E-state index contributed by atoms with van der Waals surface area (Å²) < 4.78 is 38.1. The van der Waals surface area contributed by atoms with Gasteiger partial charge in [-0.1, -0.05) is 12.1 Å². The van der Waals surface area contributed by atoms with E-state index in [0.29, 0.717) is 19.0 Å². The van der Waals surface area contributed by atoms with Crippen LogP contribution >= 0.6 is 0 Å². The van der Waals surface area contributed by atoms with E-state index in [-0.39, 0.29) is 6.10 Å². The Hall–Kier alpha value is -2.03. The van der Waals surface area contributed by atoms with E-state index in [2.05, 4.69) is 14.7 Å². The quantitative estimate of drug-likeness (QED) is 0.839. The number of nitrogens with zero attached hydrogens (tertiary/aromatic N) is 2. The van der Waals surface area contributed by atoms with Gasteiger partial charge >= 0.3 is 0 Å². The molecule has 1 aromatic heterocycles. The van der Waals surface area contributed by atoms with Crippen LogP contribution in [0.15, 0.2) is 43.0 Å². The molecule has 8 heteroatoms. The van der Waals surface area contributed by atoms with Gasteiger partial charge in [0.1, 0.15) is 18.2 Å². The van der Waals surface area contributed by atoms with Crippen molar-refractivity contribution < 1.29 is 17.9 Å². The second-order valence-corrected chi connectivity index (χ2v) is 8.43. The fourth-order valence-corrected chi connectivity index (χ4v) is 3.37. The van der Waals surface area contributed by atoms with Crippen LogP contribution in [0.25, 0.3) is 11.1 Å². The van der Waals surface area contributed by atoms with Crippen LogP contribution in [0.2, 0.25) is 0 Å². The molecule has 1 aliphatic heterocycles. The predicted molar refractivity (Wildman–Crippen MR) is 93.7 cm³/mol. The molecule has 0 spiro atoms. The molecule has 1 fully saturated rings. The second-order valence-electron chi connectivity index (χ2n) is 6.16. The summed E-state index contributed by atoms with van der Waals surface area (Å²) in [4.78, 5) is 8.00. The molecule has 2 aromatic rings. The van der Waals surface area contributed by atoms with Gasteiger partial charge in [-0.05, 0) is 31.5 Å². The minimum atomic E-state index is -3.37. The van der Waals surface area contributed by atoms with E-state index in [1.165, 1.54) is 6.33 Å². The molecule has 0 bridgehead atoms. The van der Waals surface area contributed by atoms with Crippen molar-refractivity contribution in [2.75, 3.05) is 13.2 Å². The van der Waals surface area contributed by atoms with Gasteiger partial charge in [0, 0.05) is 18.0 Å². The Balaban J connectivity index is 1.67. The molecule has 3 rings (SSSR count). The third-order valence-corrected chi connectivity index (χ3v) is 5.87. The van der Waals surface area contributed by atoms with Crippen LogP contribution < -0.4 is 9.46 Å². The molecule has 1 aromatic carbocycles. The number of nitrogens with one attached hydrogen (secondary N) is 1. The predicted octanol–water partition coefficient (Wildman–Crippen LogP) is 1.62. The summed E-state index contributed by atoms with van der Waals surface area (Å²) in [6.45, 7) is 3.93. The van der Waals surface area contributed by atoms with Gasteiger partial charge in [0.15, 0.2) is 0 Å². The van der Waals surface area contributed by atoms with E-state index in [4.69, 9.17) is 9.47 Å². The Bertz CT molecular complexity index is 794. The Kier molecular flexibility index (Phi) is 5.31. The lowest BCUT2D eigenvalue weighted by Crippen LogP contribution is -2.47. The van der Waals surface area contributed by atoms with Crippen LogP contribution in [0.4, 0.5) is 0 Å². The first kappa shape index (κ1) is 17.8. The summed E-state index contributed by atoms with van der Waals surface area (Å²) in [6.07, 6.45) is 4.60. The molecule has 25 heavy (non-hydrogen) atoms. The maximum absolute atomic E-state index is 12.1. The smallest absolute Gasteiger partial charge is 0.214 e. The van der Waals surface area contributed by atoms with Crippen molar-refractivity contribution in [1.82, 2.24) is 14.7 Å². The third-order valence-electron chi connectivity index (χ3n) is 4.00. The highest BCUT2D eigenvalue weighted by atomic mass is 32.2. The molecule has 0 aliphatic carbocycles. The van der Waals surface area contributed by atoms with E-state index in [1.54, 1.807) is 26.2 Å². The second kappa shape index (κ2) is 7.47. The van der Waals surface area contributed by atoms with Gasteiger partial charge in [0.2, 0.25) is 10.0 Å². The van der Waals surface area contributed by atoms with Gasteiger partial charge < -0.3 is 9.47 Å². The molecule has 1 aliphatic rings. The molecule has 0 amide bonds. The average molecular weight is 363 g/mol. The van der Waals surface area contributed by atoms with Gasteiger partial charge in [-0.3, -0.25) is 0 Å². The van der Waals surface area contributed by atoms with E-state index >= 15 is 0 Å². The van der Waals surface area contributed by atoms with E-state index < -0.39 is 21.3 Å². The van der Waals surface area contributed by atoms with Crippen molar-refractivity contribution in [3.8, 4) is 16.9 Å². The molecule has 2 heterocycles. The van der Waals surface area contributed by atoms with Crippen LogP contribution in [0.5, 0.6) is 5.75 Å². The number of aromatic nitrogens is 2. The zero-order valence-corrected chi connectivity index (χ0v) is 14.9. The largest absolute Gasteiger partial charge is 0.486 e. The minimum Gasteiger partial charge on any atom is -0.486 e. The summed E-state index contributed by atoms with van der Waals surface area (Å²) in [5.41, 5.74) is 1.90. The number of ether oxygens (including phenoxy) is 2. The van der Waals surface area contributed by atoms with Crippen molar-refractivity contribution in [3.05, 3.63) is 43.0 Å². The van der Waals surface area contributed by atoms with Gasteiger partial charge in [-0.15, -0.1) is 0 Å². The highest BCUT2D eigenvalue weighted by Crippen LogP contribution is 2.23. The van der Waals surface area contributed by atoms with Gasteiger partial charge in [0.25, 0.3) is 0 Å². The number of benzene rings is 1. The van der Waals surface area contributed by atoms with Crippen LogP contribution in [0.3, 0.4) is 0 Å². The molecule has 7 nitrogen and oxygen atoms in total. The highest BCUT2D eigenvalue weighted by molar-refractivity contribution is 7.90. The fraction of sp³-hybridized carbons (Fsp3) is 0.412.